The van der Waals surface area contributed by atoms with Crippen molar-refractivity contribution in [3.05, 3.63) is 77.6 Å². The van der Waals surface area contributed by atoms with Gasteiger partial charge < -0.3 is 40.4 Å². The molecule has 4 N–H and O–H groups in total. The van der Waals surface area contributed by atoms with Gasteiger partial charge in [0.15, 0.2) is 23.0 Å². The van der Waals surface area contributed by atoms with Gasteiger partial charge in [-0.25, -0.2) is 0 Å². The number of nitrogens with one attached hydrogen (secondary N) is 4. The van der Waals surface area contributed by atoms with Gasteiger partial charge in [0, 0.05) is 44.4 Å². The van der Waals surface area contributed by atoms with Gasteiger partial charge in [0.2, 0.25) is 17.7 Å². The molecule has 3 aromatic rings. The van der Waals surface area contributed by atoms with E-state index in [2.05, 4.69) is 26.3 Å². The first kappa shape index (κ1) is 37.2. The highest BCUT2D eigenvalue weighted by Gasteiger charge is 2.27. The van der Waals surface area contributed by atoms with Gasteiger partial charge >= 0.3 is 0 Å². The molecule has 50 heavy (non-hydrogen) atoms. The molecule has 0 saturated carbocycles. The average molecular weight is 689 g/mol. The van der Waals surface area contributed by atoms with Gasteiger partial charge in [-0.2, -0.15) is 0 Å². The smallest absolute Gasteiger partial charge is 0.272 e. The molecule has 266 valence electrons. The van der Waals surface area contributed by atoms with E-state index in [0.717, 1.165) is 5.56 Å². The molecule has 5 amide bonds. The lowest BCUT2D eigenvalue weighted by Crippen LogP contribution is -2.54. The fourth-order valence-electron chi connectivity index (χ4n) is 5.21. The van der Waals surface area contributed by atoms with Crippen molar-refractivity contribution < 1.29 is 38.2 Å². The van der Waals surface area contributed by atoms with Crippen molar-refractivity contribution in [3.63, 3.8) is 0 Å². The quantitative estimate of drug-likeness (QED) is 0.321. The second kappa shape index (κ2) is 17.7. The van der Waals surface area contributed by atoms with Gasteiger partial charge in [0.1, 0.15) is 17.8 Å². The number of carbonyl (C=O) groups is 5. The van der Waals surface area contributed by atoms with Crippen molar-refractivity contribution in [2.45, 2.75) is 52.2 Å². The molecule has 0 aliphatic carbocycles. The summed E-state index contributed by atoms with van der Waals surface area (Å²) in [4.78, 5) is 71.1. The Morgan fingerprint density at radius 2 is 1.62 bits per heavy atom. The van der Waals surface area contributed by atoms with Crippen molar-refractivity contribution in [1.29, 1.82) is 0 Å². The van der Waals surface area contributed by atoms with E-state index >= 15 is 0 Å². The maximum atomic E-state index is 13.3. The molecule has 1 aromatic heterocycles. The van der Waals surface area contributed by atoms with Crippen LogP contribution < -0.4 is 35.5 Å². The van der Waals surface area contributed by atoms with Crippen LogP contribution in [0, 0.1) is 5.92 Å². The van der Waals surface area contributed by atoms with Crippen LogP contribution in [0.2, 0.25) is 0 Å². The van der Waals surface area contributed by atoms with E-state index in [-0.39, 0.29) is 62.4 Å². The summed E-state index contributed by atoms with van der Waals surface area (Å²) in [5.41, 5.74) is 1.26. The minimum absolute atomic E-state index is 0.0283. The molecule has 2 aromatic carbocycles. The van der Waals surface area contributed by atoms with Crippen LogP contribution in [-0.2, 0) is 20.9 Å². The third-order valence-corrected chi connectivity index (χ3v) is 8.03. The van der Waals surface area contributed by atoms with Gasteiger partial charge in [-0.3, -0.25) is 29.0 Å². The van der Waals surface area contributed by atoms with Crippen molar-refractivity contribution in [3.8, 4) is 23.0 Å². The zero-order valence-electron chi connectivity index (χ0n) is 28.9. The summed E-state index contributed by atoms with van der Waals surface area (Å²) in [6.07, 6.45) is 1.83. The number of fused-ring (bicyclic) bond motifs is 2. The van der Waals surface area contributed by atoms with E-state index in [0.29, 0.717) is 28.6 Å². The molecule has 14 nitrogen and oxygen atoms in total. The molecule has 0 spiro atoms. The van der Waals surface area contributed by atoms with Gasteiger partial charge in [0.05, 0.1) is 14.2 Å². The van der Waals surface area contributed by atoms with Crippen LogP contribution in [0.3, 0.4) is 0 Å². The number of rotatable bonds is 4. The third-order valence-electron chi connectivity index (χ3n) is 8.03. The second-order valence-electron chi connectivity index (χ2n) is 12.1. The predicted octanol–water partition coefficient (Wildman–Crippen LogP) is 2.82. The number of aromatic nitrogens is 1. The predicted molar refractivity (Wildman–Crippen MR) is 184 cm³/mol. The van der Waals surface area contributed by atoms with Crippen LogP contribution in [0.1, 0.15) is 60.0 Å². The highest BCUT2D eigenvalue weighted by atomic mass is 16.5. The molecule has 6 rings (SSSR count). The molecule has 4 bridgehead atoms. The number of nitrogens with zero attached hydrogens (tertiary/aromatic N) is 2. The number of hydrogen-bond donors (Lipinski definition) is 4. The molecular weight excluding hydrogens is 644 g/mol. The third kappa shape index (κ3) is 9.94. The number of amides is 5. The van der Waals surface area contributed by atoms with Gasteiger partial charge in [-0.1, -0.05) is 26.0 Å². The summed E-state index contributed by atoms with van der Waals surface area (Å²) in [6.45, 7) is 5.77. The molecule has 0 radical (unpaired) electrons. The van der Waals surface area contributed by atoms with Crippen LogP contribution in [0.25, 0.3) is 0 Å². The standard InChI is InChI=1S/C36H44N6O8/c1-22(2)32-35(46)39-21-24-11-13-27(29(19-24)48-4)50-28-14-12-25(20-30(28)49-5)34(45)38-16-18-42(36(47)26-9-6-7-15-37-26)17-8-10-31(43)40-23(3)33(44)41-32/h6-7,9,11-15,19-20,22-23,32H,8,10,16-18,21H2,1-5H3,(H,38,45)(H,39,46)(H,40,43)(H,41,44)/t23-,32+/m1/s1. The molecule has 3 aliphatic rings. The molecule has 0 saturated heterocycles. The minimum Gasteiger partial charge on any atom is -0.493 e. The Hall–Kier alpha value is -5.66. The zero-order chi connectivity index (χ0) is 36.2. The number of hydrogen-bond acceptors (Lipinski definition) is 9. The van der Waals surface area contributed by atoms with Crippen molar-refractivity contribution in [2.75, 3.05) is 33.9 Å². The average Bonchev–Trinajstić information content (AvgIpc) is 3.11. The Morgan fingerprint density at radius 3 is 2.30 bits per heavy atom. The molecule has 0 fully saturated rings. The van der Waals surface area contributed by atoms with Crippen LogP contribution in [0.5, 0.6) is 23.0 Å². The lowest BCUT2D eigenvalue weighted by molar-refractivity contribution is -0.132. The summed E-state index contributed by atoms with van der Waals surface area (Å²) in [7, 11) is 2.95. The molecular formula is C36H44N6O8. The normalized spacial score (nSPS) is 18.4. The van der Waals surface area contributed by atoms with Crippen LogP contribution in [0.4, 0.5) is 0 Å². The largest absolute Gasteiger partial charge is 0.493 e. The fraction of sp³-hybridized carbons (Fsp3) is 0.389. The number of benzene rings is 2. The topological polar surface area (TPSA) is 177 Å². The summed E-state index contributed by atoms with van der Waals surface area (Å²) in [5.74, 6) is -0.871. The fourth-order valence-corrected chi connectivity index (χ4v) is 5.21. The van der Waals surface area contributed by atoms with E-state index < -0.39 is 29.8 Å². The van der Waals surface area contributed by atoms with E-state index in [9.17, 15) is 24.0 Å². The van der Waals surface area contributed by atoms with Crippen LogP contribution in [0.15, 0.2) is 60.8 Å². The van der Waals surface area contributed by atoms with E-state index in [1.165, 1.54) is 32.2 Å². The van der Waals surface area contributed by atoms with Gasteiger partial charge in [-0.15, -0.1) is 0 Å². The molecule has 14 heteroatoms. The maximum Gasteiger partial charge on any atom is 0.272 e. The lowest BCUT2D eigenvalue weighted by Gasteiger charge is -2.24. The van der Waals surface area contributed by atoms with E-state index in [1.54, 1.807) is 54.6 Å². The Labute approximate surface area is 291 Å². The number of pyridine rings is 1. The number of ether oxygens (including phenoxy) is 3. The number of carbonyl (C=O) groups excluding carboxylic acids is 5. The first-order valence-corrected chi connectivity index (χ1v) is 16.4. The van der Waals surface area contributed by atoms with E-state index in [4.69, 9.17) is 14.2 Å². The Kier molecular flexibility index (Phi) is 13.1. The molecule has 4 heterocycles. The van der Waals surface area contributed by atoms with E-state index in [1.807, 2.05) is 13.8 Å². The molecule has 2 atom stereocenters. The maximum absolute atomic E-state index is 13.3. The summed E-state index contributed by atoms with van der Waals surface area (Å²) in [6, 6.07) is 13.1. The van der Waals surface area contributed by atoms with Gasteiger partial charge in [-0.05, 0) is 67.3 Å². The molecule has 0 unspecified atom stereocenters. The van der Waals surface area contributed by atoms with Crippen LogP contribution in [-0.4, -0.2) is 85.4 Å². The monoisotopic (exact) mass is 688 g/mol. The lowest BCUT2D eigenvalue weighted by atomic mass is 10.0. The minimum atomic E-state index is -0.916. The van der Waals surface area contributed by atoms with Crippen LogP contribution >= 0.6 is 0 Å². The summed E-state index contributed by atoms with van der Waals surface area (Å²) < 4.78 is 17.2. The first-order chi connectivity index (χ1) is 24.0. The van der Waals surface area contributed by atoms with Gasteiger partial charge in [0.25, 0.3) is 11.8 Å². The second-order valence-corrected chi connectivity index (χ2v) is 12.1. The van der Waals surface area contributed by atoms with Crippen molar-refractivity contribution in [2.24, 2.45) is 5.92 Å². The number of methoxy groups -OCH3 is 2. The van der Waals surface area contributed by atoms with Crippen molar-refractivity contribution >= 4 is 29.5 Å². The Bertz CT molecular complexity index is 1680. The Balaban J connectivity index is 1.60. The highest BCUT2D eigenvalue weighted by Crippen LogP contribution is 2.37. The first-order valence-electron chi connectivity index (χ1n) is 16.4. The summed E-state index contributed by atoms with van der Waals surface area (Å²) in [5, 5.41) is 11.1. The highest BCUT2D eigenvalue weighted by molar-refractivity contribution is 5.95. The SMILES string of the molecule is COc1cc2ccc1Oc1ccc(cc1OC)C(=O)NCCN(C(=O)c1ccccn1)CCCC(=O)N[C@H](C)C(=O)N[C@@H](C(C)C)C(=O)NC2. The Morgan fingerprint density at radius 1 is 0.900 bits per heavy atom. The van der Waals surface area contributed by atoms with Crippen molar-refractivity contribution in [1.82, 2.24) is 31.2 Å². The molecule has 3 aliphatic heterocycles. The zero-order valence-corrected chi connectivity index (χ0v) is 28.9. The summed E-state index contributed by atoms with van der Waals surface area (Å²) >= 11 is 0.